The standard InChI is InChI=1S/C7H8F2O/c1-4-6(8)7(9)5(2)10-3/h4H,1-2H2,3H3/b7-6-. The zero-order valence-electron chi connectivity index (χ0n) is 5.66. The molecule has 0 aromatic heterocycles. The summed E-state index contributed by atoms with van der Waals surface area (Å²) in [5.74, 6) is -2.51. The van der Waals surface area contributed by atoms with Crippen LogP contribution in [0, 0.1) is 0 Å². The van der Waals surface area contributed by atoms with E-state index in [-0.39, 0.29) is 5.76 Å². The lowest BCUT2D eigenvalue weighted by atomic mass is 10.4. The molecule has 0 rings (SSSR count). The van der Waals surface area contributed by atoms with Crippen LogP contribution in [0.1, 0.15) is 0 Å². The molecule has 0 saturated heterocycles. The lowest BCUT2D eigenvalue weighted by molar-refractivity contribution is 0.281. The fourth-order valence-electron chi connectivity index (χ4n) is 0.312. The van der Waals surface area contributed by atoms with Gasteiger partial charge in [0.25, 0.3) is 0 Å². The fourth-order valence-corrected chi connectivity index (χ4v) is 0.312. The Morgan fingerprint density at radius 2 is 2.00 bits per heavy atom. The van der Waals surface area contributed by atoms with E-state index in [9.17, 15) is 8.78 Å². The summed E-state index contributed by atoms with van der Waals surface area (Å²) in [7, 11) is 1.21. The van der Waals surface area contributed by atoms with Crippen LogP contribution in [-0.4, -0.2) is 7.11 Å². The Hall–Kier alpha value is -1.12. The van der Waals surface area contributed by atoms with Crippen LogP contribution < -0.4 is 0 Å². The lowest BCUT2D eigenvalue weighted by Gasteiger charge is -1.99. The van der Waals surface area contributed by atoms with Crippen LogP contribution >= 0.6 is 0 Å². The first-order valence-electron chi connectivity index (χ1n) is 2.54. The van der Waals surface area contributed by atoms with Crippen LogP contribution in [0.2, 0.25) is 0 Å². The number of allylic oxidation sites excluding steroid dienone is 3. The molecule has 0 saturated carbocycles. The van der Waals surface area contributed by atoms with E-state index in [0.29, 0.717) is 0 Å². The summed E-state index contributed by atoms with van der Waals surface area (Å²) in [6.07, 6.45) is 0.750. The molecule has 0 N–H and O–H groups in total. The molecule has 0 heterocycles. The number of rotatable bonds is 3. The van der Waals surface area contributed by atoms with Crippen LogP contribution in [-0.2, 0) is 4.74 Å². The molecule has 0 aliphatic heterocycles. The first-order valence-corrected chi connectivity index (χ1v) is 2.54. The van der Waals surface area contributed by atoms with Gasteiger partial charge < -0.3 is 4.74 Å². The number of halogens is 2. The third-order valence-corrected chi connectivity index (χ3v) is 0.880. The molecule has 56 valence electrons. The first-order chi connectivity index (χ1) is 4.63. The number of methoxy groups -OCH3 is 1. The van der Waals surface area contributed by atoms with E-state index in [1.54, 1.807) is 0 Å². The number of hydrogen-bond donors (Lipinski definition) is 0. The van der Waals surface area contributed by atoms with Gasteiger partial charge in [0.1, 0.15) is 5.76 Å². The molecule has 0 amide bonds. The molecule has 10 heavy (non-hydrogen) atoms. The summed E-state index contributed by atoms with van der Waals surface area (Å²) in [6.45, 7) is 6.13. The normalized spacial score (nSPS) is 11.9. The topological polar surface area (TPSA) is 9.23 Å². The number of hydrogen-bond acceptors (Lipinski definition) is 1. The van der Waals surface area contributed by atoms with Gasteiger partial charge in [-0.25, -0.2) is 4.39 Å². The Labute approximate surface area is 58.3 Å². The van der Waals surface area contributed by atoms with Crippen LogP contribution in [0.25, 0.3) is 0 Å². The molecule has 0 aromatic rings. The first kappa shape index (κ1) is 8.88. The second-order valence-electron chi connectivity index (χ2n) is 1.49. The molecular weight excluding hydrogens is 138 g/mol. The lowest BCUT2D eigenvalue weighted by Crippen LogP contribution is -1.86. The average Bonchev–Trinajstić information content (AvgIpc) is 2.00. The maximum atomic E-state index is 12.4. The molecule has 0 radical (unpaired) electrons. The van der Waals surface area contributed by atoms with Gasteiger partial charge in [-0.05, 0) is 6.08 Å². The van der Waals surface area contributed by atoms with Gasteiger partial charge in [-0.2, -0.15) is 4.39 Å². The van der Waals surface area contributed by atoms with Gasteiger partial charge in [0.2, 0.25) is 0 Å². The summed E-state index contributed by atoms with van der Waals surface area (Å²) in [4.78, 5) is 0. The second-order valence-corrected chi connectivity index (χ2v) is 1.49. The molecule has 0 aliphatic rings. The van der Waals surface area contributed by atoms with Crippen molar-refractivity contribution >= 4 is 0 Å². The Bertz CT molecular complexity index is 182. The number of ether oxygens (including phenoxy) is 1. The van der Waals surface area contributed by atoms with Crippen molar-refractivity contribution in [2.75, 3.05) is 7.11 Å². The van der Waals surface area contributed by atoms with Gasteiger partial charge in [0, 0.05) is 0 Å². The van der Waals surface area contributed by atoms with E-state index in [4.69, 9.17) is 0 Å². The minimum absolute atomic E-state index is 0.336. The second kappa shape index (κ2) is 3.82. The predicted octanol–water partition coefficient (Wildman–Crippen LogP) is 2.48. The summed E-state index contributed by atoms with van der Waals surface area (Å²) < 4.78 is 28.9. The maximum Gasteiger partial charge on any atom is 0.199 e. The molecular formula is C7H8F2O. The Balaban J connectivity index is 4.45. The van der Waals surface area contributed by atoms with Gasteiger partial charge >= 0.3 is 0 Å². The quantitative estimate of drug-likeness (QED) is 0.439. The third-order valence-electron chi connectivity index (χ3n) is 0.880. The van der Waals surface area contributed by atoms with Gasteiger partial charge in [-0.1, -0.05) is 13.2 Å². The third kappa shape index (κ3) is 2.01. The molecule has 0 aliphatic carbocycles. The zero-order chi connectivity index (χ0) is 8.15. The summed E-state index contributed by atoms with van der Waals surface area (Å²) in [5, 5.41) is 0. The van der Waals surface area contributed by atoms with Crippen molar-refractivity contribution in [1.29, 1.82) is 0 Å². The van der Waals surface area contributed by atoms with E-state index in [2.05, 4.69) is 17.9 Å². The highest BCUT2D eigenvalue weighted by molar-refractivity contribution is 5.24. The van der Waals surface area contributed by atoms with E-state index < -0.39 is 11.7 Å². The van der Waals surface area contributed by atoms with E-state index in [1.807, 2.05) is 0 Å². The average molecular weight is 146 g/mol. The van der Waals surface area contributed by atoms with Crippen molar-refractivity contribution in [3.63, 3.8) is 0 Å². The minimum Gasteiger partial charge on any atom is -0.494 e. The molecule has 0 unspecified atom stereocenters. The molecule has 0 fully saturated rings. The summed E-state index contributed by atoms with van der Waals surface area (Å²) in [5.41, 5.74) is 0. The SMILES string of the molecule is C=C/C(F)=C(/F)C(=C)OC. The van der Waals surface area contributed by atoms with E-state index in [0.717, 1.165) is 6.08 Å². The molecule has 0 bridgehead atoms. The van der Waals surface area contributed by atoms with Crippen LogP contribution in [0.5, 0.6) is 0 Å². The highest BCUT2D eigenvalue weighted by atomic mass is 19.2. The van der Waals surface area contributed by atoms with Gasteiger partial charge in [0.15, 0.2) is 11.7 Å². The molecule has 3 heteroatoms. The maximum absolute atomic E-state index is 12.4. The predicted molar refractivity (Wildman–Crippen MR) is 35.6 cm³/mol. The van der Waals surface area contributed by atoms with Crippen LogP contribution in [0.3, 0.4) is 0 Å². The van der Waals surface area contributed by atoms with Crippen molar-refractivity contribution < 1.29 is 13.5 Å². The molecule has 0 spiro atoms. The fraction of sp³-hybridized carbons (Fsp3) is 0.143. The largest absolute Gasteiger partial charge is 0.494 e. The van der Waals surface area contributed by atoms with Crippen molar-refractivity contribution in [3.05, 3.63) is 36.6 Å². The Morgan fingerprint density at radius 3 is 2.30 bits per heavy atom. The monoisotopic (exact) mass is 146 g/mol. The highest BCUT2D eigenvalue weighted by Gasteiger charge is 2.05. The van der Waals surface area contributed by atoms with Gasteiger partial charge in [0.05, 0.1) is 7.11 Å². The van der Waals surface area contributed by atoms with Gasteiger partial charge in [-0.3, -0.25) is 0 Å². The van der Waals surface area contributed by atoms with E-state index in [1.165, 1.54) is 7.11 Å². The molecule has 0 atom stereocenters. The summed E-state index contributed by atoms with van der Waals surface area (Å²) in [6, 6.07) is 0. The smallest absolute Gasteiger partial charge is 0.199 e. The molecule has 1 nitrogen and oxygen atoms in total. The Kier molecular flexibility index (Phi) is 3.39. The highest BCUT2D eigenvalue weighted by Crippen LogP contribution is 2.16. The van der Waals surface area contributed by atoms with Crippen molar-refractivity contribution in [3.8, 4) is 0 Å². The van der Waals surface area contributed by atoms with E-state index >= 15 is 0 Å². The van der Waals surface area contributed by atoms with Crippen molar-refractivity contribution in [2.45, 2.75) is 0 Å². The summed E-state index contributed by atoms with van der Waals surface area (Å²) >= 11 is 0. The Morgan fingerprint density at radius 1 is 1.50 bits per heavy atom. The molecule has 0 aromatic carbocycles. The minimum atomic E-state index is -1.11. The van der Waals surface area contributed by atoms with Crippen molar-refractivity contribution in [2.24, 2.45) is 0 Å². The van der Waals surface area contributed by atoms with Crippen LogP contribution in [0.15, 0.2) is 36.6 Å². The van der Waals surface area contributed by atoms with Crippen molar-refractivity contribution in [1.82, 2.24) is 0 Å². The zero-order valence-corrected chi connectivity index (χ0v) is 5.66. The van der Waals surface area contributed by atoms with Gasteiger partial charge in [-0.15, -0.1) is 0 Å². The van der Waals surface area contributed by atoms with Crippen LogP contribution in [0.4, 0.5) is 8.78 Å².